The number of anilines is 1. The molecule has 20 heavy (non-hydrogen) atoms. The predicted octanol–water partition coefficient (Wildman–Crippen LogP) is 1.13. The quantitative estimate of drug-likeness (QED) is 0.701. The number of amides is 2. The van der Waals surface area contributed by atoms with Gasteiger partial charge in [-0.15, -0.1) is 0 Å². The van der Waals surface area contributed by atoms with Gasteiger partial charge in [-0.25, -0.2) is 4.39 Å². The largest absolute Gasteiger partial charge is 0.355 e. The number of hydrogen-bond acceptors (Lipinski definition) is 3. The molecule has 0 unspecified atom stereocenters. The highest BCUT2D eigenvalue weighted by molar-refractivity contribution is 5.92. The average Bonchev–Trinajstić information content (AvgIpc) is 2.39. The van der Waals surface area contributed by atoms with Crippen LogP contribution in [-0.4, -0.2) is 31.4 Å². The monoisotopic (exact) mass is 281 g/mol. The van der Waals surface area contributed by atoms with Crippen LogP contribution in [0.4, 0.5) is 10.1 Å². The summed E-state index contributed by atoms with van der Waals surface area (Å²) in [6.45, 7) is 4.73. The molecule has 0 radical (unpaired) electrons. The Morgan fingerprint density at radius 2 is 1.70 bits per heavy atom. The van der Waals surface area contributed by atoms with Crippen LogP contribution in [-0.2, 0) is 9.59 Å². The van der Waals surface area contributed by atoms with E-state index in [1.54, 1.807) is 0 Å². The van der Waals surface area contributed by atoms with Gasteiger partial charge >= 0.3 is 0 Å². The number of benzene rings is 1. The van der Waals surface area contributed by atoms with Crippen LogP contribution in [0, 0.1) is 11.7 Å². The minimum Gasteiger partial charge on any atom is -0.355 e. The van der Waals surface area contributed by atoms with E-state index in [0.29, 0.717) is 18.2 Å². The molecule has 1 aromatic rings. The Morgan fingerprint density at radius 1 is 1.10 bits per heavy atom. The van der Waals surface area contributed by atoms with Gasteiger partial charge in [0, 0.05) is 12.2 Å². The molecule has 0 spiro atoms. The molecular formula is C14H20FN3O2. The molecule has 0 saturated heterocycles. The number of halogens is 1. The zero-order valence-electron chi connectivity index (χ0n) is 11.7. The summed E-state index contributed by atoms with van der Waals surface area (Å²) in [4.78, 5) is 22.9. The zero-order chi connectivity index (χ0) is 15.0. The third kappa shape index (κ3) is 6.84. The third-order valence-corrected chi connectivity index (χ3v) is 2.41. The van der Waals surface area contributed by atoms with E-state index in [9.17, 15) is 14.0 Å². The normalized spacial score (nSPS) is 10.4. The van der Waals surface area contributed by atoms with Crippen LogP contribution in [0.1, 0.15) is 13.8 Å². The van der Waals surface area contributed by atoms with Crippen molar-refractivity contribution < 1.29 is 14.0 Å². The van der Waals surface area contributed by atoms with Crippen molar-refractivity contribution >= 4 is 17.5 Å². The maximum atomic E-state index is 12.7. The molecule has 0 saturated carbocycles. The maximum Gasteiger partial charge on any atom is 0.238 e. The number of hydrogen-bond donors (Lipinski definition) is 3. The average molecular weight is 281 g/mol. The molecular weight excluding hydrogens is 261 g/mol. The van der Waals surface area contributed by atoms with E-state index in [-0.39, 0.29) is 30.7 Å². The van der Waals surface area contributed by atoms with Crippen molar-refractivity contribution in [3.8, 4) is 0 Å². The summed E-state index contributed by atoms with van der Waals surface area (Å²) < 4.78 is 12.7. The molecule has 0 aliphatic heterocycles. The van der Waals surface area contributed by atoms with E-state index in [1.807, 2.05) is 13.8 Å². The highest BCUT2D eigenvalue weighted by Crippen LogP contribution is 2.07. The van der Waals surface area contributed by atoms with Gasteiger partial charge < -0.3 is 10.6 Å². The predicted molar refractivity (Wildman–Crippen MR) is 75.7 cm³/mol. The van der Waals surface area contributed by atoms with Crippen molar-refractivity contribution in [2.45, 2.75) is 13.8 Å². The Bertz CT molecular complexity index is 446. The summed E-state index contributed by atoms with van der Waals surface area (Å²) in [6.07, 6.45) is 0. The Balaban J connectivity index is 2.20. The minimum atomic E-state index is -0.358. The Morgan fingerprint density at radius 3 is 2.30 bits per heavy atom. The maximum absolute atomic E-state index is 12.7. The van der Waals surface area contributed by atoms with Crippen molar-refractivity contribution in [2.75, 3.05) is 25.0 Å². The standard InChI is InChI=1S/C14H20FN3O2/c1-10(2)7-17-13(19)8-16-9-14(20)18-12-5-3-11(15)4-6-12/h3-6,10,16H,7-9H2,1-2H3,(H,17,19)(H,18,20). The number of carbonyl (C=O) groups excluding carboxylic acids is 2. The van der Waals surface area contributed by atoms with E-state index in [4.69, 9.17) is 0 Å². The molecule has 1 rings (SSSR count). The molecule has 0 heterocycles. The van der Waals surface area contributed by atoms with Gasteiger partial charge in [-0.2, -0.15) is 0 Å². The lowest BCUT2D eigenvalue weighted by molar-refractivity contribution is -0.120. The van der Waals surface area contributed by atoms with E-state index < -0.39 is 0 Å². The first-order chi connectivity index (χ1) is 9.47. The lowest BCUT2D eigenvalue weighted by atomic mass is 10.2. The molecule has 110 valence electrons. The molecule has 0 aliphatic carbocycles. The van der Waals surface area contributed by atoms with Crippen molar-refractivity contribution in [3.63, 3.8) is 0 Å². The molecule has 3 N–H and O–H groups in total. The Hall–Kier alpha value is -1.95. The van der Waals surface area contributed by atoms with Crippen molar-refractivity contribution in [3.05, 3.63) is 30.1 Å². The molecule has 1 aromatic carbocycles. The van der Waals surface area contributed by atoms with Crippen LogP contribution >= 0.6 is 0 Å². The van der Waals surface area contributed by atoms with Gasteiger partial charge in [0.2, 0.25) is 11.8 Å². The van der Waals surface area contributed by atoms with Crippen molar-refractivity contribution in [1.82, 2.24) is 10.6 Å². The summed E-state index contributed by atoms with van der Waals surface area (Å²) in [7, 11) is 0. The van der Waals surface area contributed by atoms with Gasteiger partial charge in [0.15, 0.2) is 0 Å². The van der Waals surface area contributed by atoms with Crippen LogP contribution in [0.2, 0.25) is 0 Å². The molecule has 0 aromatic heterocycles. The SMILES string of the molecule is CC(C)CNC(=O)CNCC(=O)Nc1ccc(F)cc1. The smallest absolute Gasteiger partial charge is 0.238 e. The first-order valence-corrected chi connectivity index (χ1v) is 6.50. The molecule has 0 atom stereocenters. The highest BCUT2D eigenvalue weighted by Gasteiger charge is 2.05. The fourth-order valence-electron chi connectivity index (χ4n) is 1.41. The van der Waals surface area contributed by atoms with Crippen molar-refractivity contribution in [2.24, 2.45) is 5.92 Å². The third-order valence-electron chi connectivity index (χ3n) is 2.41. The summed E-state index contributed by atoms with van der Waals surface area (Å²) in [5.74, 6) is -0.398. The molecule has 6 heteroatoms. The fourth-order valence-corrected chi connectivity index (χ4v) is 1.41. The first-order valence-electron chi connectivity index (χ1n) is 6.50. The number of carbonyl (C=O) groups is 2. The first kappa shape index (κ1) is 16.1. The molecule has 0 aliphatic rings. The fraction of sp³-hybridized carbons (Fsp3) is 0.429. The van der Waals surface area contributed by atoms with Gasteiger partial charge in [0.05, 0.1) is 13.1 Å². The van der Waals surface area contributed by atoms with Gasteiger partial charge in [-0.3, -0.25) is 14.9 Å². The second-order valence-electron chi connectivity index (χ2n) is 4.86. The van der Waals surface area contributed by atoms with Crippen LogP contribution < -0.4 is 16.0 Å². The number of nitrogens with one attached hydrogen (secondary N) is 3. The second-order valence-corrected chi connectivity index (χ2v) is 4.86. The van der Waals surface area contributed by atoms with E-state index in [2.05, 4.69) is 16.0 Å². The lowest BCUT2D eigenvalue weighted by Crippen LogP contribution is -2.38. The van der Waals surface area contributed by atoms with Crippen LogP contribution in [0.3, 0.4) is 0 Å². The summed E-state index contributed by atoms with van der Waals surface area (Å²) in [5.41, 5.74) is 0.516. The van der Waals surface area contributed by atoms with Gasteiger partial charge in [0.1, 0.15) is 5.82 Å². The van der Waals surface area contributed by atoms with Gasteiger partial charge in [-0.05, 0) is 30.2 Å². The summed E-state index contributed by atoms with van der Waals surface area (Å²) in [5, 5.41) is 8.07. The molecule has 0 bridgehead atoms. The topological polar surface area (TPSA) is 70.2 Å². The van der Waals surface area contributed by atoms with Crippen molar-refractivity contribution in [1.29, 1.82) is 0 Å². The second kappa shape index (κ2) is 8.27. The van der Waals surface area contributed by atoms with E-state index in [0.717, 1.165) is 0 Å². The summed E-state index contributed by atoms with van der Waals surface area (Å²) >= 11 is 0. The van der Waals surface area contributed by atoms with Gasteiger partial charge in [0.25, 0.3) is 0 Å². The minimum absolute atomic E-state index is 0.0203. The zero-order valence-corrected chi connectivity index (χ0v) is 11.7. The Labute approximate surface area is 117 Å². The molecule has 5 nitrogen and oxygen atoms in total. The number of rotatable bonds is 7. The van der Waals surface area contributed by atoms with Crippen LogP contribution in [0.25, 0.3) is 0 Å². The molecule has 2 amide bonds. The van der Waals surface area contributed by atoms with Crippen LogP contribution in [0.15, 0.2) is 24.3 Å². The Kier molecular flexibility index (Phi) is 6.66. The summed E-state index contributed by atoms with van der Waals surface area (Å²) in [6, 6.07) is 5.48. The lowest BCUT2D eigenvalue weighted by Gasteiger charge is -2.09. The van der Waals surface area contributed by atoms with Gasteiger partial charge in [-0.1, -0.05) is 13.8 Å². The van der Waals surface area contributed by atoms with E-state index in [1.165, 1.54) is 24.3 Å². The molecule has 0 fully saturated rings. The van der Waals surface area contributed by atoms with Crippen LogP contribution in [0.5, 0.6) is 0 Å². The highest BCUT2D eigenvalue weighted by atomic mass is 19.1. The van der Waals surface area contributed by atoms with E-state index >= 15 is 0 Å².